The molecule has 0 spiro atoms. The van der Waals surface area contributed by atoms with Crippen LogP contribution in [0.4, 0.5) is 30.6 Å². The van der Waals surface area contributed by atoms with E-state index in [2.05, 4.69) is 26.6 Å². The molecule has 0 aliphatic heterocycles. The lowest BCUT2D eigenvalue weighted by Crippen LogP contribution is -2.35. The third-order valence-corrected chi connectivity index (χ3v) is 8.32. The predicted octanol–water partition coefficient (Wildman–Crippen LogP) is 9.18. The van der Waals surface area contributed by atoms with Gasteiger partial charge in [0, 0.05) is 28.1 Å². The number of nitrogens with one attached hydrogen (secondary N) is 2. The summed E-state index contributed by atoms with van der Waals surface area (Å²) in [5, 5.41) is 5.43. The average molecular weight is 738 g/mol. The van der Waals surface area contributed by atoms with Gasteiger partial charge in [-0.3, -0.25) is 14.5 Å². The van der Waals surface area contributed by atoms with Crippen LogP contribution in [0, 0.1) is 17.6 Å². The molecule has 2 atom stereocenters. The van der Waals surface area contributed by atoms with E-state index >= 15 is 4.39 Å². The highest BCUT2D eigenvalue weighted by Gasteiger charge is 2.67. The number of hydrogen-bond acceptors (Lipinski definition) is 4. The Morgan fingerprint density at radius 3 is 2.30 bits per heavy atom. The van der Waals surface area contributed by atoms with Crippen molar-refractivity contribution in [3.63, 3.8) is 0 Å². The molecule has 1 aliphatic carbocycles. The fourth-order valence-corrected chi connectivity index (χ4v) is 6.29. The molecule has 0 aromatic heterocycles. The van der Waals surface area contributed by atoms with Crippen molar-refractivity contribution in [2.24, 2.45) is 5.92 Å². The molecule has 2 unspecified atom stereocenters. The molecular formula is C29H24BrCl4F2N3O4. The van der Waals surface area contributed by atoms with Gasteiger partial charge in [-0.2, -0.15) is 0 Å². The number of alkyl halides is 2. The van der Waals surface area contributed by atoms with Crippen LogP contribution in [-0.2, 0) is 9.53 Å². The highest BCUT2D eigenvalue weighted by molar-refractivity contribution is 9.10. The molecular weight excluding hydrogens is 714 g/mol. The first-order valence-electron chi connectivity index (χ1n) is 12.6. The van der Waals surface area contributed by atoms with E-state index in [0.29, 0.717) is 20.0 Å². The highest BCUT2D eigenvalue weighted by Crippen LogP contribution is 2.65. The van der Waals surface area contributed by atoms with Crippen molar-refractivity contribution in [2.75, 3.05) is 22.6 Å². The number of nitrogens with zero attached hydrogens (tertiary/aromatic N) is 1. The second-order valence-corrected chi connectivity index (χ2v) is 14.0. The average Bonchev–Trinajstić information content (AvgIpc) is 3.47. The Labute approximate surface area is 274 Å². The van der Waals surface area contributed by atoms with Crippen LogP contribution in [0.2, 0.25) is 10.0 Å². The van der Waals surface area contributed by atoms with Gasteiger partial charge in [-0.15, -0.1) is 23.2 Å². The quantitative estimate of drug-likeness (QED) is 0.247. The first-order chi connectivity index (χ1) is 19.9. The number of hydrogen-bond donors (Lipinski definition) is 2. The summed E-state index contributed by atoms with van der Waals surface area (Å²) in [4.78, 5) is 39.3. The zero-order valence-corrected chi connectivity index (χ0v) is 27.6. The second-order valence-electron chi connectivity index (χ2n) is 10.8. The molecule has 1 fully saturated rings. The smallest absolute Gasteiger partial charge is 0.414 e. The third kappa shape index (κ3) is 7.37. The van der Waals surface area contributed by atoms with Gasteiger partial charge < -0.3 is 15.4 Å². The second kappa shape index (κ2) is 12.4. The maximum atomic E-state index is 15.4. The molecule has 0 radical (unpaired) electrons. The van der Waals surface area contributed by atoms with Crippen LogP contribution in [-0.4, -0.2) is 34.9 Å². The summed E-state index contributed by atoms with van der Waals surface area (Å²) in [6.45, 7) is 4.81. The van der Waals surface area contributed by atoms with E-state index in [-0.39, 0.29) is 16.3 Å². The molecule has 3 aromatic carbocycles. The molecule has 1 aliphatic rings. The van der Waals surface area contributed by atoms with Crippen molar-refractivity contribution in [3.05, 3.63) is 85.8 Å². The van der Waals surface area contributed by atoms with Gasteiger partial charge >= 0.3 is 6.09 Å². The van der Waals surface area contributed by atoms with Gasteiger partial charge in [-0.1, -0.05) is 39.1 Å². The van der Waals surface area contributed by atoms with Crippen molar-refractivity contribution in [3.8, 4) is 0 Å². The number of halogens is 7. The largest absolute Gasteiger partial charge is 0.443 e. The number of anilines is 3. The van der Waals surface area contributed by atoms with E-state index in [9.17, 15) is 18.8 Å². The van der Waals surface area contributed by atoms with Crippen LogP contribution < -0.4 is 15.5 Å². The van der Waals surface area contributed by atoms with E-state index in [0.717, 1.165) is 19.2 Å². The summed E-state index contributed by atoms with van der Waals surface area (Å²) in [6, 6.07) is 11.1. The van der Waals surface area contributed by atoms with Crippen LogP contribution in [0.3, 0.4) is 0 Å². The molecule has 2 N–H and O–H groups in total. The monoisotopic (exact) mass is 735 g/mol. The fraction of sp³-hybridized carbons (Fsp3) is 0.276. The van der Waals surface area contributed by atoms with E-state index < -0.39 is 62.7 Å². The van der Waals surface area contributed by atoms with Gasteiger partial charge in [0.2, 0.25) is 5.91 Å². The number of benzene rings is 3. The van der Waals surface area contributed by atoms with E-state index in [1.165, 1.54) is 18.2 Å². The fourth-order valence-electron chi connectivity index (χ4n) is 4.38. The maximum Gasteiger partial charge on any atom is 0.414 e. The van der Waals surface area contributed by atoms with Gasteiger partial charge in [0.05, 0.1) is 22.2 Å². The molecule has 3 amide bonds. The van der Waals surface area contributed by atoms with Crippen LogP contribution in [0.5, 0.6) is 0 Å². The molecule has 3 aromatic rings. The number of amides is 3. The lowest BCUT2D eigenvalue weighted by atomic mass is 10.1. The lowest BCUT2D eigenvalue weighted by molar-refractivity contribution is -0.117. The van der Waals surface area contributed by atoms with Crippen molar-refractivity contribution in [1.82, 2.24) is 0 Å². The Morgan fingerprint density at radius 1 is 1.00 bits per heavy atom. The molecule has 0 bridgehead atoms. The Balaban J connectivity index is 1.53. The summed E-state index contributed by atoms with van der Waals surface area (Å²) in [5.74, 6) is -5.02. The van der Waals surface area contributed by atoms with Crippen molar-refractivity contribution in [1.29, 1.82) is 0 Å². The standard InChI is InChI=1S/C29H24BrCl4F2N3O4/c1-28(2,3)43-27(42)39(4)24-19(35)7-8-20(23(24)36)38-25(40)17-12-16(5-6-18(17)32)37-26(41)22-21(29(22,33)34)13-9-14(30)11-15(31)10-13/h5-12,21-22H,1-4H3,(H,37,41)(H,38,40). The van der Waals surface area contributed by atoms with E-state index in [4.69, 9.17) is 51.1 Å². The van der Waals surface area contributed by atoms with Crippen LogP contribution in [0.15, 0.2) is 53.0 Å². The Hall–Kier alpha value is -2.63. The number of ether oxygens (including phenoxy) is 1. The zero-order chi connectivity index (χ0) is 32.0. The molecule has 228 valence electrons. The van der Waals surface area contributed by atoms with Crippen LogP contribution in [0.1, 0.15) is 42.6 Å². The minimum absolute atomic E-state index is 0.0128. The number of rotatable bonds is 6. The van der Waals surface area contributed by atoms with Gasteiger partial charge in [-0.25, -0.2) is 13.6 Å². The van der Waals surface area contributed by atoms with E-state index in [1.54, 1.807) is 39.0 Å². The molecule has 0 heterocycles. The van der Waals surface area contributed by atoms with Crippen LogP contribution in [0.25, 0.3) is 0 Å². The first-order valence-corrected chi connectivity index (χ1v) is 14.9. The topological polar surface area (TPSA) is 87.7 Å². The summed E-state index contributed by atoms with van der Waals surface area (Å²) in [7, 11) is 1.14. The molecule has 14 heteroatoms. The normalized spacial score (nSPS) is 17.2. The number of carbonyl (C=O) groups excluding carboxylic acids is 3. The van der Waals surface area contributed by atoms with E-state index in [1.807, 2.05) is 0 Å². The summed E-state index contributed by atoms with van der Waals surface area (Å²) >= 11 is 28.6. The Kier molecular flexibility index (Phi) is 9.59. The molecule has 1 saturated carbocycles. The summed E-state index contributed by atoms with van der Waals surface area (Å²) in [5.41, 5.74) is -1.34. The van der Waals surface area contributed by atoms with Gasteiger partial charge in [0.25, 0.3) is 5.91 Å². The molecule has 0 saturated heterocycles. The Bertz CT molecular complexity index is 1610. The van der Waals surface area contributed by atoms with Gasteiger partial charge in [0.15, 0.2) is 5.82 Å². The first kappa shape index (κ1) is 33.3. The third-order valence-electron chi connectivity index (χ3n) is 6.38. The van der Waals surface area contributed by atoms with Gasteiger partial charge in [0.1, 0.15) is 21.4 Å². The zero-order valence-electron chi connectivity index (χ0n) is 23.0. The minimum Gasteiger partial charge on any atom is -0.443 e. The highest BCUT2D eigenvalue weighted by atomic mass is 79.9. The van der Waals surface area contributed by atoms with Crippen LogP contribution >= 0.6 is 62.3 Å². The van der Waals surface area contributed by atoms with Crippen molar-refractivity contribution >= 4 is 97.3 Å². The molecule has 43 heavy (non-hydrogen) atoms. The van der Waals surface area contributed by atoms with Crippen molar-refractivity contribution in [2.45, 2.75) is 36.6 Å². The number of carbonyl (C=O) groups is 3. The minimum atomic E-state index is -1.40. The summed E-state index contributed by atoms with van der Waals surface area (Å²) < 4.78 is 34.4. The SMILES string of the molecule is CN(C(=O)OC(C)(C)C)c1c(F)ccc(NC(=O)c2cc(NC(=O)C3C(c4cc(Cl)cc(Br)c4)C3(Cl)Cl)ccc2Cl)c1F. The van der Waals surface area contributed by atoms with Gasteiger partial charge in [-0.05, 0) is 74.9 Å². The predicted molar refractivity (Wildman–Crippen MR) is 169 cm³/mol. The maximum absolute atomic E-state index is 15.4. The molecule has 7 nitrogen and oxygen atoms in total. The van der Waals surface area contributed by atoms with Crippen molar-refractivity contribution < 1.29 is 27.9 Å². The lowest BCUT2D eigenvalue weighted by Gasteiger charge is -2.25. The summed E-state index contributed by atoms with van der Waals surface area (Å²) in [6.07, 6.45) is -1.00. The Morgan fingerprint density at radius 2 is 1.67 bits per heavy atom. The molecule has 4 rings (SSSR count).